The van der Waals surface area contributed by atoms with E-state index in [9.17, 15) is 4.79 Å². The highest BCUT2D eigenvalue weighted by Gasteiger charge is 2.34. The Bertz CT molecular complexity index is 526. The number of hydrogen-bond donors (Lipinski definition) is 1. The zero-order valence-electron chi connectivity index (χ0n) is 13.6. The predicted octanol–water partition coefficient (Wildman–Crippen LogP) is 2.50. The van der Waals surface area contributed by atoms with Crippen molar-refractivity contribution >= 4 is 11.7 Å². The molecule has 1 aromatic heterocycles. The van der Waals surface area contributed by atoms with Crippen LogP contribution in [0.5, 0.6) is 0 Å². The van der Waals surface area contributed by atoms with Crippen LogP contribution >= 0.6 is 0 Å². The first kappa shape index (κ1) is 15.8. The molecule has 1 aromatic rings. The summed E-state index contributed by atoms with van der Waals surface area (Å²) in [5.41, 5.74) is 1.33. The third-order valence-corrected chi connectivity index (χ3v) is 3.83. The van der Waals surface area contributed by atoms with Crippen LogP contribution in [0, 0.1) is 0 Å². The third kappa shape index (κ3) is 3.35. The molecule has 1 fully saturated rings. The van der Waals surface area contributed by atoms with Gasteiger partial charge in [-0.2, -0.15) is 0 Å². The Hall–Kier alpha value is -1.62. The lowest BCUT2D eigenvalue weighted by Crippen LogP contribution is -2.55. The van der Waals surface area contributed by atoms with E-state index in [0.717, 1.165) is 11.5 Å². The molecule has 0 bridgehead atoms. The van der Waals surface area contributed by atoms with Gasteiger partial charge in [-0.25, -0.2) is 4.98 Å². The van der Waals surface area contributed by atoms with Crippen molar-refractivity contribution < 1.29 is 9.53 Å². The van der Waals surface area contributed by atoms with Crippen molar-refractivity contribution in [3.05, 3.63) is 23.4 Å². The van der Waals surface area contributed by atoms with E-state index in [0.29, 0.717) is 25.3 Å². The van der Waals surface area contributed by atoms with Crippen LogP contribution in [0.2, 0.25) is 0 Å². The van der Waals surface area contributed by atoms with E-state index in [1.165, 1.54) is 0 Å². The smallest absolute Gasteiger partial charge is 0.254 e. The minimum atomic E-state index is -0.281. The molecule has 1 aliphatic heterocycles. The molecule has 1 N–H and O–H groups in total. The molecule has 5 heteroatoms. The molecule has 0 aromatic carbocycles. The number of amides is 1. The normalized spacial score (nSPS) is 17.9. The summed E-state index contributed by atoms with van der Waals surface area (Å²) in [6, 6.07) is 3.72. The molecule has 0 spiro atoms. The molecule has 0 unspecified atom stereocenters. The molecule has 0 saturated carbocycles. The first-order chi connectivity index (χ1) is 9.85. The maximum atomic E-state index is 12.9. The number of nitrogens with zero attached hydrogens (tertiary/aromatic N) is 2. The Morgan fingerprint density at radius 3 is 2.71 bits per heavy atom. The number of hydrogen-bond acceptors (Lipinski definition) is 4. The van der Waals surface area contributed by atoms with Gasteiger partial charge >= 0.3 is 0 Å². The summed E-state index contributed by atoms with van der Waals surface area (Å²) < 4.78 is 5.49. The first-order valence-electron chi connectivity index (χ1n) is 7.44. The van der Waals surface area contributed by atoms with Gasteiger partial charge in [0.1, 0.15) is 5.82 Å². The molecule has 1 amide bonds. The molecule has 21 heavy (non-hydrogen) atoms. The number of rotatable bonds is 3. The van der Waals surface area contributed by atoms with E-state index in [1.807, 2.05) is 37.9 Å². The second-order valence-electron chi connectivity index (χ2n) is 6.39. The third-order valence-electron chi connectivity index (χ3n) is 3.83. The van der Waals surface area contributed by atoms with Crippen LogP contribution in [0.3, 0.4) is 0 Å². The van der Waals surface area contributed by atoms with Crippen LogP contribution in [0.1, 0.15) is 49.7 Å². The van der Waals surface area contributed by atoms with E-state index in [-0.39, 0.29) is 17.4 Å². The Kier molecular flexibility index (Phi) is 4.52. The van der Waals surface area contributed by atoms with Crippen LogP contribution in [0.15, 0.2) is 12.1 Å². The second-order valence-corrected chi connectivity index (χ2v) is 6.39. The van der Waals surface area contributed by atoms with E-state index in [1.54, 1.807) is 0 Å². The number of carbonyl (C=O) groups is 1. The van der Waals surface area contributed by atoms with E-state index in [2.05, 4.69) is 24.1 Å². The van der Waals surface area contributed by atoms with Gasteiger partial charge in [0, 0.05) is 24.8 Å². The van der Waals surface area contributed by atoms with Gasteiger partial charge in [0.2, 0.25) is 0 Å². The maximum absolute atomic E-state index is 12.9. The van der Waals surface area contributed by atoms with Crippen LogP contribution in [0.25, 0.3) is 0 Å². The number of carbonyl (C=O) groups excluding carboxylic acids is 1. The van der Waals surface area contributed by atoms with Gasteiger partial charge in [-0.15, -0.1) is 0 Å². The van der Waals surface area contributed by atoms with Gasteiger partial charge in [0.05, 0.1) is 18.8 Å². The predicted molar refractivity (Wildman–Crippen MR) is 83.8 cm³/mol. The fraction of sp³-hybridized carbons (Fsp3) is 0.625. The zero-order valence-corrected chi connectivity index (χ0v) is 13.6. The minimum Gasteiger partial charge on any atom is -0.377 e. The molecule has 1 aliphatic rings. The molecular weight excluding hydrogens is 266 g/mol. The Balaban J connectivity index is 2.36. The van der Waals surface area contributed by atoms with Crippen molar-refractivity contribution in [1.82, 2.24) is 9.88 Å². The summed E-state index contributed by atoms with van der Waals surface area (Å²) in [5.74, 6) is 1.06. The van der Waals surface area contributed by atoms with Gasteiger partial charge in [0.15, 0.2) is 0 Å². The lowest BCUT2D eigenvalue weighted by atomic mass is 10.00. The average molecular weight is 291 g/mol. The monoisotopic (exact) mass is 291 g/mol. The van der Waals surface area contributed by atoms with Gasteiger partial charge in [-0.05, 0) is 31.9 Å². The molecule has 5 nitrogen and oxygen atoms in total. The maximum Gasteiger partial charge on any atom is 0.254 e. The van der Waals surface area contributed by atoms with Crippen LogP contribution < -0.4 is 5.32 Å². The van der Waals surface area contributed by atoms with E-state index in [4.69, 9.17) is 4.74 Å². The zero-order chi connectivity index (χ0) is 15.6. The summed E-state index contributed by atoms with van der Waals surface area (Å²) in [4.78, 5) is 19.3. The Labute approximate surface area is 126 Å². The fourth-order valence-electron chi connectivity index (χ4n) is 2.49. The number of morpholine rings is 1. The largest absolute Gasteiger partial charge is 0.377 e. The highest BCUT2D eigenvalue weighted by Crippen LogP contribution is 2.24. The standard InChI is InChI=1S/C16H25N3O2/c1-11(2)13-8-12(9-14(17-5)18-13)15(20)19-6-7-21-10-16(19,3)4/h8-9,11H,6-7,10H2,1-5H3,(H,17,18). The summed E-state index contributed by atoms with van der Waals surface area (Å²) >= 11 is 0. The number of aromatic nitrogens is 1. The van der Waals surface area contributed by atoms with Crippen molar-refractivity contribution in [3.8, 4) is 0 Å². The van der Waals surface area contributed by atoms with Crippen molar-refractivity contribution in [2.75, 3.05) is 32.1 Å². The fourth-order valence-corrected chi connectivity index (χ4v) is 2.49. The molecule has 0 radical (unpaired) electrons. The molecule has 116 valence electrons. The number of anilines is 1. The SMILES string of the molecule is CNc1cc(C(=O)N2CCOCC2(C)C)cc(C(C)C)n1. The first-order valence-corrected chi connectivity index (χ1v) is 7.44. The number of pyridine rings is 1. The highest BCUT2D eigenvalue weighted by atomic mass is 16.5. The highest BCUT2D eigenvalue weighted by molar-refractivity contribution is 5.95. The number of nitrogens with one attached hydrogen (secondary N) is 1. The summed E-state index contributed by atoms with van der Waals surface area (Å²) in [5, 5.41) is 3.03. The molecule has 1 saturated heterocycles. The van der Waals surface area contributed by atoms with Crippen molar-refractivity contribution in [1.29, 1.82) is 0 Å². The summed E-state index contributed by atoms with van der Waals surface area (Å²) in [6.07, 6.45) is 0. The average Bonchev–Trinajstić information content (AvgIpc) is 2.45. The molecular formula is C16H25N3O2. The molecule has 0 aliphatic carbocycles. The van der Waals surface area contributed by atoms with Crippen LogP contribution in [-0.2, 0) is 4.74 Å². The molecule has 0 atom stereocenters. The van der Waals surface area contributed by atoms with Gasteiger partial charge in [-0.3, -0.25) is 4.79 Å². The van der Waals surface area contributed by atoms with E-state index < -0.39 is 0 Å². The Morgan fingerprint density at radius 2 is 2.14 bits per heavy atom. The molecule has 2 rings (SSSR count). The van der Waals surface area contributed by atoms with E-state index >= 15 is 0 Å². The van der Waals surface area contributed by atoms with Crippen molar-refractivity contribution in [2.24, 2.45) is 0 Å². The van der Waals surface area contributed by atoms with Gasteiger partial charge < -0.3 is 15.0 Å². The minimum absolute atomic E-state index is 0.0455. The van der Waals surface area contributed by atoms with Gasteiger partial charge in [0.25, 0.3) is 5.91 Å². The topological polar surface area (TPSA) is 54.5 Å². The van der Waals surface area contributed by atoms with Crippen LogP contribution in [0.4, 0.5) is 5.82 Å². The number of ether oxygens (including phenoxy) is 1. The summed E-state index contributed by atoms with van der Waals surface area (Å²) in [6.45, 7) is 10.0. The summed E-state index contributed by atoms with van der Waals surface area (Å²) in [7, 11) is 1.82. The lowest BCUT2D eigenvalue weighted by Gasteiger charge is -2.42. The molecule has 2 heterocycles. The quantitative estimate of drug-likeness (QED) is 0.929. The Morgan fingerprint density at radius 1 is 1.43 bits per heavy atom. The second kappa shape index (κ2) is 6.02. The van der Waals surface area contributed by atoms with Crippen LogP contribution in [-0.4, -0.2) is 48.1 Å². The van der Waals surface area contributed by atoms with Crippen molar-refractivity contribution in [3.63, 3.8) is 0 Å². The van der Waals surface area contributed by atoms with Gasteiger partial charge in [-0.1, -0.05) is 13.8 Å². The lowest BCUT2D eigenvalue weighted by molar-refractivity contribution is -0.0370. The van der Waals surface area contributed by atoms with Crippen molar-refractivity contribution in [2.45, 2.75) is 39.2 Å².